The average Bonchev–Trinajstić information content (AvgIpc) is 3.35. The number of hydrogen-bond acceptors (Lipinski definition) is 6. The van der Waals surface area contributed by atoms with Crippen LogP contribution in [0.5, 0.6) is 5.75 Å². The molecule has 0 radical (unpaired) electrons. The number of methoxy groups -OCH3 is 1. The van der Waals surface area contributed by atoms with Crippen molar-refractivity contribution in [1.82, 2.24) is 15.5 Å². The van der Waals surface area contributed by atoms with Gasteiger partial charge in [-0.2, -0.15) is 13.2 Å². The van der Waals surface area contributed by atoms with E-state index in [4.69, 9.17) is 9.15 Å². The van der Waals surface area contributed by atoms with Gasteiger partial charge in [-0.3, -0.25) is 4.79 Å². The Kier molecular flexibility index (Phi) is 5.45. The molecule has 4 rings (SSSR count). The second-order valence-electron chi connectivity index (χ2n) is 6.97. The van der Waals surface area contributed by atoms with Crippen molar-refractivity contribution < 1.29 is 35.9 Å². The fraction of sp³-hybridized carbons (Fsp3) is 0.250. The van der Waals surface area contributed by atoms with E-state index in [-0.39, 0.29) is 35.3 Å². The van der Waals surface area contributed by atoms with E-state index in [0.29, 0.717) is 0 Å². The SMILES string of the molecule is COc1cc(F)c(C2CNC(=O)[C@@H]2Nc2nnc(-c3ccc(C(F)(F)F)cc3)o2)c(F)c1. The molecule has 7 nitrogen and oxygen atoms in total. The van der Waals surface area contributed by atoms with Crippen molar-refractivity contribution in [3.63, 3.8) is 0 Å². The van der Waals surface area contributed by atoms with Gasteiger partial charge in [0.1, 0.15) is 23.4 Å². The van der Waals surface area contributed by atoms with Crippen molar-refractivity contribution in [3.8, 4) is 17.2 Å². The number of anilines is 1. The summed E-state index contributed by atoms with van der Waals surface area (Å²) < 4.78 is 77.4. The molecule has 1 aliphatic rings. The average molecular weight is 454 g/mol. The summed E-state index contributed by atoms with van der Waals surface area (Å²) in [5.41, 5.74) is -0.935. The van der Waals surface area contributed by atoms with Gasteiger partial charge in [0.25, 0.3) is 0 Å². The molecule has 1 fully saturated rings. The fourth-order valence-corrected chi connectivity index (χ4v) is 3.42. The van der Waals surface area contributed by atoms with E-state index in [1.165, 1.54) is 7.11 Å². The molecular formula is C20H15F5N4O3. The Morgan fingerprint density at radius 2 is 1.78 bits per heavy atom. The number of aromatic nitrogens is 2. The van der Waals surface area contributed by atoms with Crippen LogP contribution in [0.3, 0.4) is 0 Å². The monoisotopic (exact) mass is 454 g/mol. The molecule has 3 aromatic rings. The highest BCUT2D eigenvalue weighted by molar-refractivity contribution is 5.88. The van der Waals surface area contributed by atoms with Crippen molar-refractivity contribution in [2.75, 3.05) is 19.0 Å². The molecule has 1 aromatic heterocycles. The van der Waals surface area contributed by atoms with Crippen LogP contribution < -0.4 is 15.4 Å². The van der Waals surface area contributed by atoms with E-state index in [9.17, 15) is 26.7 Å². The zero-order chi connectivity index (χ0) is 23.0. The predicted molar refractivity (Wildman–Crippen MR) is 101 cm³/mol. The highest BCUT2D eigenvalue weighted by atomic mass is 19.4. The van der Waals surface area contributed by atoms with Crippen LogP contribution >= 0.6 is 0 Å². The molecule has 168 valence electrons. The summed E-state index contributed by atoms with van der Waals surface area (Å²) in [6.45, 7) is -0.0451. The summed E-state index contributed by atoms with van der Waals surface area (Å²) >= 11 is 0. The summed E-state index contributed by atoms with van der Waals surface area (Å²) in [5.74, 6) is -3.35. The molecule has 2 heterocycles. The first-order valence-corrected chi connectivity index (χ1v) is 9.25. The third-order valence-electron chi connectivity index (χ3n) is 5.00. The highest BCUT2D eigenvalue weighted by Gasteiger charge is 2.40. The molecule has 2 aromatic carbocycles. The van der Waals surface area contributed by atoms with Gasteiger partial charge in [-0.25, -0.2) is 8.78 Å². The van der Waals surface area contributed by atoms with E-state index in [1.807, 2.05) is 0 Å². The maximum atomic E-state index is 14.5. The van der Waals surface area contributed by atoms with Crippen molar-refractivity contribution in [3.05, 3.63) is 59.2 Å². The third kappa shape index (κ3) is 4.07. The molecule has 0 bridgehead atoms. The maximum Gasteiger partial charge on any atom is 0.416 e. The largest absolute Gasteiger partial charge is 0.497 e. The summed E-state index contributed by atoms with van der Waals surface area (Å²) in [4.78, 5) is 12.3. The zero-order valence-corrected chi connectivity index (χ0v) is 16.3. The minimum absolute atomic E-state index is 0.0105. The van der Waals surface area contributed by atoms with Gasteiger partial charge in [-0.15, -0.1) is 5.10 Å². The molecule has 1 saturated heterocycles. The maximum absolute atomic E-state index is 14.5. The molecule has 32 heavy (non-hydrogen) atoms. The van der Waals surface area contributed by atoms with E-state index in [0.717, 1.165) is 36.4 Å². The minimum atomic E-state index is -4.49. The molecular weight excluding hydrogens is 439 g/mol. The smallest absolute Gasteiger partial charge is 0.416 e. The van der Waals surface area contributed by atoms with Crippen molar-refractivity contribution >= 4 is 11.9 Å². The first kappa shape index (κ1) is 21.5. The van der Waals surface area contributed by atoms with Gasteiger partial charge in [0, 0.05) is 35.7 Å². The molecule has 1 aliphatic heterocycles. The second kappa shape index (κ2) is 8.09. The topological polar surface area (TPSA) is 89.3 Å². The minimum Gasteiger partial charge on any atom is -0.497 e. The van der Waals surface area contributed by atoms with E-state index >= 15 is 0 Å². The number of benzene rings is 2. The normalized spacial score (nSPS) is 18.5. The number of hydrogen-bond donors (Lipinski definition) is 2. The quantitative estimate of drug-likeness (QED) is 0.571. The number of alkyl halides is 3. The lowest BCUT2D eigenvalue weighted by Gasteiger charge is -2.19. The lowest BCUT2D eigenvalue weighted by Crippen LogP contribution is -2.33. The number of nitrogens with zero attached hydrogens (tertiary/aromatic N) is 2. The van der Waals surface area contributed by atoms with Crippen LogP contribution in [0, 0.1) is 11.6 Å². The molecule has 2 N–H and O–H groups in total. The van der Waals surface area contributed by atoms with Gasteiger partial charge in [-0.05, 0) is 24.3 Å². The van der Waals surface area contributed by atoms with E-state index in [1.54, 1.807) is 0 Å². The molecule has 0 aliphatic carbocycles. The van der Waals surface area contributed by atoms with Crippen LogP contribution in [0.25, 0.3) is 11.5 Å². The number of rotatable bonds is 5. The Morgan fingerprint density at radius 3 is 2.38 bits per heavy atom. The van der Waals surface area contributed by atoms with Crippen molar-refractivity contribution in [2.24, 2.45) is 0 Å². The standard InChI is InChI=1S/C20H15F5N4O3/c1-31-11-6-13(21)15(14(22)7-11)12-8-26-17(30)16(12)27-19-29-28-18(32-19)9-2-4-10(5-3-9)20(23,24)25/h2-7,12,16H,8H2,1H3,(H,26,30)(H,27,29)/t12?,16-/m1/s1. The summed E-state index contributed by atoms with van der Waals surface area (Å²) in [6.07, 6.45) is -4.49. The molecule has 12 heteroatoms. The Bertz CT molecular complexity index is 1120. The predicted octanol–water partition coefficient (Wildman–Crippen LogP) is 3.74. The number of amides is 1. The van der Waals surface area contributed by atoms with Crippen LogP contribution in [-0.2, 0) is 11.0 Å². The van der Waals surface area contributed by atoms with Gasteiger partial charge in [0.05, 0.1) is 12.7 Å². The van der Waals surface area contributed by atoms with Crippen LogP contribution in [0.4, 0.5) is 28.0 Å². The summed E-state index contributed by atoms with van der Waals surface area (Å²) in [7, 11) is 1.27. The van der Waals surface area contributed by atoms with Crippen LogP contribution in [0.15, 0.2) is 40.8 Å². The summed E-state index contributed by atoms with van der Waals surface area (Å²) in [6, 6.07) is 4.70. The number of halogens is 5. The number of carbonyl (C=O) groups is 1. The number of nitrogens with one attached hydrogen (secondary N) is 2. The molecule has 1 amide bonds. The zero-order valence-electron chi connectivity index (χ0n) is 16.3. The van der Waals surface area contributed by atoms with E-state index < -0.39 is 41.2 Å². The van der Waals surface area contributed by atoms with Gasteiger partial charge in [-0.1, -0.05) is 5.10 Å². The first-order chi connectivity index (χ1) is 15.2. The number of carbonyl (C=O) groups excluding carboxylic acids is 1. The first-order valence-electron chi connectivity index (χ1n) is 9.25. The summed E-state index contributed by atoms with van der Waals surface area (Å²) in [5, 5.41) is 12.6. The Labute approximate surface area is 177 Å². The lowest BCUT2D eigenvalue weighted by atomic mass is 9.93. The van der Waals surface area contributed by atoms with Crippen molar-refractivity contribution in [2.45, 2.75) is 18.1 Å². The van der Waals surface area contributed by atoms with Crippen LogP contribution in [-0.4, -0.2) is 35.8 Å². The third-order valence-corrected chi connectivity index (χ3v) is 5.00. The van der Waals surface area contributed by atoms with Crippen LogP contribution in [0.2, 0.25) is 0 Å². The van der Waals surface area contributed by atoms with Gasteiger partial charge in [0.2, 0.25) is 11.8 Å². The highest BCUT2D eigenvalue weighted by Crippen LogP contribution is 2.34. The van der Waals surface area contributed by atoms with Gasteiger partial charge >= 0.3 is 12.2 Å². The molecule has 2 atom stereocenters. The molecule has 1 unspecified atom stereocenters. The Morgan fingerprint density at radius 1 is 1.12 bits per heavy atom. The van der Waals surface area contributed by atoms with Crippen molar-refractivity contribution in [1.29, 1.82) is 0 Å². The second-order valence-corrected chi connectivity index (χ2v) is 6.97. The van der Waals surface area contributed by atoms with Crippen LogP contribution in [0.1, 0.15) is 17.0 Å². The number of ether oxygens (including phenoxy) is 1. The Hall–Kier alpha value is -3.70. The van der Waals surface area contributed by atoms with Gasteiger partial charge < -0.3 is 19.8 Å². The Balaban J connectivity index is 1.56. The molecule has 0 spiro atoms. The lowest BCUT2D eigenvalue weighted by molar-refractivity contribution is -0.137. The van der Waals surface area contributed by atoms with Gasteiger partial charge in [0.15, 0.2) is 0 Å². The van der Waals surface area contributed by atoms with E-state index in [2.05, 4.69) is 20.8 Å². The fourth-order valence-electron chi connectivity index (χ4n) is 3.42. The molecule has 0 saturated carbocycles.